The number of carbonyl (C=O) groups is 1. The van der Waals surface area contributed by atoms with Gasteiger partial charge in [0.05, 0.1) is 0 Å². The average Bonchev–Trinajstić information content (AvgIpc) is 3.03. The van der Waals surface area contributed by atoms with Gasteiger partial charge >= 0.3 is 0 Å². The van der Waals surface area contributed by atoms with Crippen LogP contribution in [0.5, 0.6) is 0 Å². The molecule has 0 aliphatic heterocycles. The maximum Gasteiger partial charge on any atom is 0.276 e. The summed E-state index contributed by atoms with van der Waals surface area (Å²) >= 11 is 1.34. The van der Waals surface area contributed by atoms with Crippen molar-refractivity contribution < 1.29 is 13.6 Å². The van der Waals surface area contributed by atoms with Gasteiger partial charge in [-0.2, -0.15) is 4.98 Å². The zero-order valence-corrected chi connectivity index (χ0v) is 25.7. The van der Waals surface area contributed by atoms with Crippen LogP contribution in [0, 0.1) is 12.7 Å². The topological polar surface area (TPSA) is 58.4 Å². The van der Waals surface area contributed by atoms with Gasteiger partial charge in [0, 0.05) is 37.1 Å². The number of nitrogens with zero attached hydrogens (tertiary/aromatic N) is 4. The monoisotopic (exact) mass is 604 g/mol. The maximum absolute atomic E-state index is 13.8. The van der Waals surface area contributed by atoms with Crippen LogP contribution in [-0.2, 0) is 30.3 Å². The van der Waals surface area contributed by atoms with Gasteiger partial charge in [-0.3, -0.25) is 9.59 Å². The van der Waals surface area contributed by atoms with Crippen LogP contribution in [0.4, 0.5) is 8.78 Å². The summed E-state index contributed by atoms with van der Waals surface area (Å²) in [4.78, 5) is 34.6. The molecule has 0 N–H and O–H groups in total. The normalized spacial score (nSPS) is 11.2. The fraction of sp³-hybridized carbons (Fsp3) is 0.324. The number of aryl methyl sites for hydroxylation is 1. The van der Waals surface area contributed by atoms with E-state index in [-0.39, 0.29) is 23.8 Å². The van der Waals surface area contributed by atoms with Crippen LogP contribution in [0.2, 0.25) is 0 Å². The number of carbonyl (C=O) groups excluding carboxylic acids is 1. The number of alkyl halides is 1. The second kappa shape index (κ2) is 15.6. The molecule has 1 aromatic heterocycles. The molecule has 9 heteroatoms. The van der Waals surface area contributed by atoms with E-state index in [0.717, 1.165) is 41.9 Å². The summed E-state index contributed by atoms with van der Waals surface area (Å²) < 4.78 is 28.0. The Kier molecular flexibility index (Phi) is 11.6. The van der Waals surface area contributed by atoms with Gasteiger partial charge < -0.3 is 14.4 Å². The minimum absolute atomic E-state index is 0.0388. The summed E-state index contributed by atoms with van der Waals surface area (Å²) in [6, 6.07) is 21.7. The molecule has 0 saturated heterocycles. The Morgan fingerprint density at radius 3 is 2.02 bits per heavy atom. The average molecular weight is 605 g/mol. The van der Waals surface area contributed by atoms with Gasteiger partial charge in [-0.05, 0) is 60.0 Å². The molecule has 226 valence electrons. The fourth-order valence-corrected chi connectivity index (χ4v) is 5.61. The minimum atomic E-state index is -0.486. The second-order valence-corrected chi connectivity index (χ2v) is 11.4. The predicted octanol–water partition coefficient (Wildman–Crippen LogP) is 6.49. The Bertz CT molecular complexity index is 1540. The molecule has 0 spiro atoms. The number of rotatable bonds is 14. The lowest BCUT2D eigenvalue weighted by molar-refractivity contribution is -0.132. The lowest BCUT2D eigenvalue weighted by Crippen LogP contribution is -2.40. The first-order chi connectivity index (χ1) is 20.8. The molecule has 4 rings (SSSR count). The molecule has 3 aromatic carbocycles. The summed E-state index contributed by atoms with van der Waals surface area (Å²) in [5.41, 5.74) is 4.69. The molecule has 6 nitrogen and oxygen atoms in total. The molecular weight excluding hydrogens is 566 g/mol. The van der Waals surface area contributed by atoms with Gasteiger partial charge in [-0.15, -0.1) is 0 Å². The standard InChI is InChI=1S/C34H38F2N4O2S/c1-4-38(5-2)18-19-39(22-27-8-14-30(15-9-27)29-12-6-26(20-35)7-13-29)32(41)23-40-21-25(3)33(42)37-34(40)43-24-28-10-16-31(36)17-11-28/h6-17,21H,4-5,18-20,22-24H2,1-3H3. The number of likely N-dealkylation sites (N-methyl/N-ethyl adjacent to an activating group) is 1. The maximum atomic E-state index is 13.8. The zero-order chi connectivity index (χ0) is 30.8. The van der Waals surface area contributed by atoms with Gasteiger partial charge in [0.2, 0.25) is 5.91 Å². The van der Waals surface area contributed by atoms with E-state index in [4.69, 9.17) is 0 Å². The molecule has 0 radical (unpaired) electrons. The molecule has 0 unspecified atom stereocenters. The van der Waals surface area contributed by atoms with Crippen LogP contribution in [0.15, 0.2) is 88.9 Å². The van der Waals surface area contributed by atoms with Crippen LogP contribution >= 0.6 is 11.8 Å². The highest BCUT2D eigenvalue weighted by Crippen LogP contribution is 2.23. The van der Waals surface area contributed by atoms with E-state index in [2.05, 4.69) is 23.7 Å². The van der Waals surface area contributed by atoms with Crippen molar-refractivity contribution in [3.05, 3.63) is 117 Å². The van der Waals surface area contributed by atoms with Crippen molar-refractivity contribution in [2.45, 2.75) is 51.4 Å². The zero-order valence-electron chi connectivity index (χ0n) is 24.9. The van der Waals surface area contributed by atoms with E-state index in [0.29, 0.717) is 35.1 Å². The van der Waals surface area contributed by atoms with Crippen molar-refractivity contribution in [1.82, 2.24) is 19.4 Å². The SMILES string of the molecule is CCN(CC)CCN(Cc1ccc(-c2ccc(CF)cc2)cc1)C(=O)Cn1cc(C)c(=O)nc1SCc1ccc(F)cc1. The number of benzene rings is 3. The first-order valence-corrected chi connectivity index (χ1v) is 15.5. The van der Waals surface area contributed by atoms with Crippen molar-refractivity contribution in [2.75, 3.05) is 26.2 Å². The van der Waals surface area contributed by atoms with Crippen LogP contribution < -0.4 is 5.56 Å². The van der Waals surface area contributed by atoms with Crippen LogP contribution in [0.3, 0.4) is 0 Å². The van der Waals surface area contributed by atoms with Gasteiger partial charge in [0.15, 0.2) is 5.16 Å². The Labute approximate surface area is 256 Å². The third kappa shape index (κ3) is 9.08. The molecule has 0 saturated carbocycles. The Balaban J connectivity index is 1.52. The number of amides is 1. The quantitative estimate of drug-likeness (QED) is 0.122. The first-order valence-electron chi connectivity index (χ1n) is 14.5. The minimum Gasteiger partial charge on any atom is -0.336 e. The van der Waals surface area contributed by atoms with Crippen molar-refractivity contribution in [2.24, 2.45) is 0 Å². The summed E-state index contributed by atoms with van der Waals surface area (Å²) in [5, 5.41) is 0.445. The largest absolute Gasteiger partial charge is 0.336 e. The second-order valence-electron chi connectivity index (χ2n) is 10.4. The van der Waals surface area contributed by atoms with Crippen molar-refractivity contribution >= 4 is 17.7 Å². The summed E-state index contributed by atoms with van der Waals surface area (Å²) in [5.74, 6) is 0.0984. The van der Waals surface area contributed by atoms with Crippen molar-refractivity contribution in [1.29, 1.82) is 0 Å². The Morgan fingerprint density at radius 2 is 1.44 bits per heavy atom. The van der Waals surface area contributed by atoms with E-state index >= 15 is 0 Å². The molecular formula is C34H38F2N4O2S. The van der Waals surface area contributed by atoms with Gasteiger partial charge in [0.1, 0.15) is 19.0 Å². The lowest BCUT2D eigenvalue weighted by Gasteiger charge is -2.27. The smallest absolute Gasteiger partial charge is 0.276 e. The number of hydrogen-bond donors (Lipinski definition) is 0. The van der Waals surface area contributed by atoms with E-state index in [1.54, 1.807) is 42.0 Å². The third-order valence-corrected chi connectivity index (χ3v) is 8.48. The van der Waals surface area contributed by atoms with E-state index in [1.807, 2.05) is 41.3 Å². The van der Waals surface area contributed by atoms with E-state index < -0.39 is 6.67 Å². The third-order valence-electron chi connectivity index (χ3n) is 7.42. The molecule has 43 heavy (non-hydrogen) atoms. The number of thioether (sulfide) groups is 1. The molecule has 0 aliphatic rings. The Hall–Kier alpha value is -3.82. The van der Waals surface area contributed by atoms with Crippen LogP contribution in [0.1, 0.15) is 36.1 Å². The number of aromatic nitrogens is 2. The van der Waals surface area contributed by atoms with Crippen molar-refractivity contribution in [3.8, 4) is 11.1 Å². The van der Waals surface area contributed by atoms with E-state index in [9.17, 15) is 18.4 Å². The van der Waals surface area contributed by atoms with Gasteiger partial charge in [0.25, 0.3) is 5.56 Å². The molecule has 1 heterocycles. The highest BCUT2D eigenvalue weighted by Gasteiger charge is 2.18. The molecule has 0 bridgehead atoms. The Morgan fingerprint density at radius 1 is 0.860 bits per heavy atom. The van der Waals surface area contributed by atoms with Gasteiger partial charge in [-0.25, -0.2) is 8.78 Å². The summed E-state index contributed by atoms with van der Waals surface area (Å²) in [7, 11) is 0. The molecule has 1 amide bonds. The summed E-state index contributed by atoms with van der Waals surface area (Å²) in [6.45, 7) is 8.96. The molecule has 0 aliphatic carbocycles. The molecule has 4 aromatic rings. The predicted molar refractivity (Wildman–Crippen MR) is 169 cm³/mol. The lowest BCUT2D eigenvalue weighted by atomic mass is 10.0. The van der Waals surface area contributed by atoms with Crippen molar-refractivity contribution in [3.63, 3.8) is 0 Å². The fourth-order valence-electron chi connectivity index (χ4n) is 4.69. The first kappa shape index (κ1) is 32.1. The number of hydrogen-bond acceptors (Lipinski definition) is 5. The van der Waals surface area contributed by atoms with E-state index in [1.165, 1.54) is 23.9 Å². The highest BCUT2D eigenvalue weighted by atomic mass is 32.2. The highest BCUT2D eigenvalue weighted by molar-refractivity contribution is 7.98. The van der Waals surface area contributed by atoms with Gasteiger partial charge in [-0.1, -0.05) is 86.3 Å². The van der Waals surface area contributed by atoms with Crippen LogP contribution in [-0.4, -0.2) is 51.4 Å². The number of halogens is 2. The molecule has 0 atom stereocenters. The van der Waals surface area contributed by atoms with Crippen LogP contribution in [0.25, 0.3) is 11.1 Å². The molecule has 0 fully saturated rings. The summed E-state index contributed by atoms with van der Waals surface area (Å²) in [6.07, 6.45) is 1.69.